The van der Waals surface area contributed by atoms with Crippen LogP contribution in [0.4, 0.5) is 4.39 Å². The Balaban J connectivity index is 1.69. The summed E-state index contributed by atoms with van der Waals surface area (Å²) in [4.78, 5) is 0. The van der Waals surface area contributed by atoms with E-state index in [9.17, 15) is 4.39 Å². The molecule has 0 aliphatic carbocycles. The van der Waals surface area contributed by atoms with Crippen LogP contribution in [0.5, 0.6) is 0 Å². The first kappa shape index (κ1) is 21.3. The number of hydrogen-bond acceptors (Lipinski definition) is 1. The summed E-state index contributed by atoms with van der Waals surface area (Å²) in [7, 11) is -0.0627. The zero-order chi connectivity index (χ0) is 22.7. The Morgan fingerprint density at radius 3 is 1.58 bits per heavy atom. The number of nitrogens with zero attached hydrogens (tertiary/aromatic N) is 2. The van der Waals surface area contributed by atoms with E-state index in [-0.39, 0.29) is 5.82 Å². The van der Waals surface area contributed by atoms with Gasteiger partial charge in [-0.05, 0) is 72.3 Å². The van der Waals surface area contributed by atoms with Gasteiger partial charge in [0.25, 0.3) is 0 Å². The Kier molecular flexibility index (Phi) is 5.90. The van der Waals surface area contributed by atoms with Crippen molar-refractivity contribution in [1.82, 2.24) is 9.78 Å². The number of rotatable bonds is 6. The highest BCUT2D eigenvalue weighted by Crippen LogP contribution is 2.58. The van der Waals surface area contributed by atoms with Gasteiger partial charge >= 0.3 is 0 Å². The van der Waals surface area contributed by atoms with Crippen molar-refractivity contribution in [2.24, 2.45) is 7.05 Å². The van der Waals surface area contributed by atoms with Gasteiger partial charge in [-0.25, -0.2) is 4.39 Å². The van der Waals surface area contributed by atoms with E-state index in [4.69, 9.17) is 5.10 Å². The molecule has 4 heteroatoms. The lowest BCUT2D eigenvalue weighted by Crippen LogP contribution is -2.32. The van der Waals surface area contributed by atoms with E-state index in [1.54, 1.807) is 0 Å². The van der Waals surface area contributed by atoms with E-state index < -0.39 is 7.26 Å². The Morgan fingerprint density at radius 1 is 0.667 bits per heavy atom. The van der Waals surface area contributed by atoms with E-state index in [1.165, 1.54) is 28.0 Å². The van der Waals surface area contributed by atoms with Gasteiger partial charge in [0.1, 0.15) is 40.8 Å². The first-order valence-electron chi connectivity index (χ1n) is 11.0. The van der Waals surface area contributed by atoms with Crippen molar-refractivity contribution in [3.05, 3.63) is 133 Å². The molecule has 1 heterocycles. The van der Waals surface area contributed by atoms with Crippen LogP contribution in [0.25, 0.3) is 11.3 Å². The first-order chi connectivity index (χ1) is 16.2. The topological polar surface area (TPSA) is 17.8 Å². The van der Waals surface area contributed by atoms with Crippen molar-refractivity contribution in [1.29, 1.82) is 0 Å². The van der Waals surface area contributed by atoms with Crippen molar-refractivity contribution < 1.29 is 4.39 Å². The van der Waals surface area contributed by atoms with Crippen LogP contribution < -0.4 is 15.9 Å². The molecule has 0 bridgehead atoms. The Bertz CT molecular complexity index is 1230. The number of aryl methyl sites for hydroxylation is 1. The minimum absolute atomic E-state index is 0.233. The zero-order valence-corrected chi connectivity index (χ0v) is 19.4. The number of aromatic nitrogens is 2. The van der Waals surface area contributed by atoms with Crippen LogP contribution in [0.2, 0.25) is 0 Å². The molecule has 5 aromatic rings. The largest absolute Gasteiger partial charge is 0.268 e. The standard InChI is InChI=1S/C29H25FN2P/c1-32-29(23-17-19-24(30)20-18-23)21-25(31-32)22-33(26-11-5-2-6-12-26,27-13-7-3-8-14-27)28-15-9-4-10-16-28/h2-21H,22H2,1H3/q+1. The Labute approximate surface area is 194 Å². The highest BCUT2D eigenvalue weighted by molar-refractivity contribution is 7.95. The van der Waals surface area contributed by atoms with Crippen LogP contribution in [-0.4, -0.2) is 9.78 Å². The van der Waals surface area contributed by atoms with Crippen LogP contribution in [0.3, 0.4) is 0 Å². The average Bonchev–Trinajstić information content (AvgIpc) is 3.24. The molecule has 0 radical (unpaired) electrons. The van der Waals surface area contributed by atoms with E-state index in [1.807, 2.05) is 23.9 Å². The summed E-state index contributed by atoms with van der Waals surface area (Å²) in [5.41, 5.74) is 2.97. The molecule has 33 heavy (non-hydrogen) atoms. The third kappa shape index (κ3) is 4.13. The molecular weight excluding hydrogens is 426 g/mol. The summed E-state index contributed by atoms with van der Waals surface area (Å²) >= 11 is 0. The molecule has 0 aliphatic rings. The summed E-state index contributed by atoms with van der Waals surface area (Å²) in [6.45, 7) is 0. The average molecular weight is 452 g/mol. The van der Waals surface area contributed by atoms with Crippen LogP contribution in [0.1, 0.15) is 5.69 Å². The number of halogens is 1. The third-order valence-corrected chi connectivity index (χ3v) is 10.4. The predicted octanol–water partition coefficient (Wildman–Crippen LogP) is 5.72. The molecule has 162 valence electrons. The van der Waals surface area contributed by atoms with Crippen molar-refractivity contribution in [3.8, 4) is 11.3 Å². The molecule has 0 atom stereocenters. The molecule has 0 spiro atoms. The molecule has 0 N–H and O–H groups in total. The van der Waals surface area contributed by atoms with E-state index in [0.717, 1.165) is 23.1 Å². The summed E-state index contributed by atoms with van der Waals surface area (Å²) in [6.07, 6.45) is 0.806. The van der Waals surface area contributed by atoms with Crippen molar-refractivity contribution in [2.45, 2.75) is 6.16 Å². The summed E-state index contributed by atoms with van der Waals surface area (Å²) in [6, 6.07) is 41.2. The molecular formula is C29H25FN2P+. The number of hydrogen-bond donors (Lipinski definition) is 0. The molecule has 0 aliphatic heterocycles. The molecule has 0 fully saturated rings. The maximum Gasteiger partial charge on any atom is 0.123 e. The fraction of sp³-hybridized carbons (Fsp3) is 0.0690. The van der Waals surface area contributed by atoms with Gasteiger partial charge in [-0.3, -0.25) is 4.68 Å². The van der Waals surface area contributed by atoms with Gasteiger partial charge in [-0.15, -0.1) is 0 Å². The SMILES string of the molecule is Cn1nc(C[P+](c2ccccc2)(c2ccccc2)c2ccccc2)cc1-c1ccc(F)cc1. The molecule has 0 saturated carbocycles. The van der Waals surface area contributed by atoms with Gasteiger partial charge in [0.05, 0.1) is 5.69 Å². The van der Waals surface area contributed by atoms with E-state index >= 15 is 0 Å². The van der Waals surface area contributed by atoms with Crippen molar-refractivity contribution in [3.63, 3.8) is 0 Å². The lowest BCUT2D eigenvalue weighted by Gasteiger charge is -2.27. The highest BCUT2D eigenvalue weighted by atomic mass is 31.2. The molecule has 0 amide bonds. The van der Waals surface area contributed by atoms with Gasteiger partial charge in [0.15, 0.2) is 0 Å². The molecule has 0 saturated heterocycles. The lowest BCUT2D eigenvalue weighted by atomic mass is 10.1. The third-order valence-electron chi connectivity index (χ3n) is 6.06. The molecule has 5 rings (SSSR count). The molecule has 1 aromatic heterocycles. The maximum atomic E-state index is 13.5. The second-order valence-corrected chi connectivity index (χ2v) is 11.6. The minimum atomic E-state index is -2.02. The second-order valence-electron chi connectivity index (χ2n) is 8.13. The van der Waals surface area contributed by atoms with Crippen LogP contribution in [-0.2, 0) is 13.2 Å². The fourth-order valence-electron chi connectivity index (χ4n) is 4.51. The second kappa shape index (κ2) is 9.13. The van der Waals surface area contributed by atoms with Gasteiger partial charge in [0.2, 0.25) is 0 Å². The van der Waals surface area contributed by atoms with Crippen molar-refractivity contribution in [2.75, 3.05) is 0 Å². The number of benzene rings is 4. The summed E-state index contributed by atoms with van der Waals surface area (Å²) in [5.74, 6) is -0.233. The first-order valence-corrected chi connectivity index (χ1v) is 13.0. The fourth-order valence-corrected chi connectivity index (χ4v) is 8.63. The van der Waals surface area contributed by atoms with Crippen LogP contribution in [0.15, 0.2) is 121 Å². The summed E-state index contributed by atoms with van der Waals surface area (Å²) in [5, 5.41) is 8.91. The van der Waals surface area contributed by atoms with Gasteiger partial charge in [-0.1, -0.05) is 54.6 Å². The Hall–Kier alpha value is -3.55. The minimum Gasteiger partial charge on any atom is -0.268 e. The lowest BCUT2D eigenvalue weighted by molar-refractivity contribution is 0.628. The van der Waals surface area contributed by atoms with Gasteiger partial charge in [-0.2, -0.15) is 5.10 Å². The molecule has 4 aromatic carbocycles. The van der Waals surface area contributed by atoms with E-state index in [2.05, 4.69) is 97.1 Å². The molecule has 0 unspecified atom stereocenters. The Morgan fingerprint density at radius 2 is 1.12 bits per heavy atom. The van der Waals surface area contributed by atoms with E-state index in [0.29, 0.717) is 0 Å². The van der Waals surface area contributed by atoms with Gasteiger partial charge < -0.3 is 0 Å². The zero-order valence-electron chi connectivity index (χ0n) is 18.5. The maximum absolute atomic E-state index is 13.5. The summed E-state index contributed by atoms with van der Waals surface area (Å²) < 4.78 is 15.4. The van der Waals surface area contributed by atoms with Gasteiger partial charge in [0, 0.05) is 7.05 Å². The van der Waals surface area contributed by atoms with Crippen LogP contribution in [0, 0.1) is 5.82 Å². The molecule has 2 nitrogen and oxygen atoms in total. The normalized spacial score (nSPS) is 11.5. The monoisotopic (exact) mass is 451 g/mol. The van der Waals surface area contributed by atoms with Crippen molar-refractivity contribution >= 4 is 23.2 Å². The highest BCUT2D eigenvalue weighted by Gasteiger charge is 2.46. The van der Waals surface area contributed by atoms with Crippen LogP contribution >= 0.6 is 7.26 Å². The smallest absolute Gasteiger partial charge is 0.123 e. The predicted molar refractivity (Wildman–Crippen MR) is 137 cm³/mol. The quantitative estimate of drug-likeness (QED) is 0.302.